The topological polar surface area (TPSA) is 22.0 Å². The molecule has 0 N–H and O–H groups in total. The summed E-state index contributed by atoms with van der Waals surface area (Å²) in [4.78, 5) is 12.0. The molecule has 0 bridgehead atoms. The van der Waals surface area contributed by atoms with E-state index < -0.39 is 0 Å². The molecule has 0 saturated carbocycles. The number of nitrogens with zero attached hydrogens (tertiary/aromatic N) is 1. The lowest BCUT2D eigenvalue weighted by Crippen LogP contribution is -2.23. The second-order valence-electron chi connectivity index (χ2n) is 4.71. The molecule has 0 atom stereocenters. The van der Waals surface area contributed by atoms with E-state index in [2.05, 4.69) is 46.9 Å². The van der Waals surface area contributed by atoms with Crippen molar-refractivity contribution in [3.05, 3.63) is 67.1 Å². The SMILES string of the molecule is O=c1ccc2c(n1Cc1ccc(I)cc1)CCC2. The van der Waals surface area contributed by atoms with Gasteiger partial charge in [0.2, 0.25) is 0 Å². The third-order valence-corrected chi connectivity index (χ3v) is 4.22. The summed E-state index contributed by atoms with van der Waals surface area (Å²) in [5.74, 6) is 0. The third kappa shape index (κ3) is 2.23. The van der Waals surface area contributed by atoms with Crippen molar-refractivity contribution in [3.8, 4) is 0 Å². The zero-order valence-electron chi connectivity index (χ0n) is 10.0. The van der Waals surface area contributed by atoms with Crippen molar-refractivity contribution in [3.63, 3.8) is 0 Å². The lowest BCUT2D eigenvalue weighted by Gasteiger charge is -2.12. The van der Waals surface area contributed by atoms with E-state index in [1.807, 2.05) is 10.6 Å². The van der Waals surface area contributed by atoms with Crippen molar-refractivity contribution >= 4 is 22.6 Å². The normalized spacial score (nSPS) is 13.6. The Kier molecular flexibility index (Phi) is 3.24. The van der Waals surface area contributed by atoms with E-state index in [0.29, 0.717) is 6.54 Å². The molecule has 0 fully saturated rings. The number of rotatable bonds is 2. The van der Waals surface area contributed by atoms with Gasteiger partial charge in [0, 0.05) is 15.3 Å². The van der Waals surface area contributed by atoms with Crippen molar-refractivity contribution in [1.29, 1.82) is 0 Å². The van der Waals surface area contributed by atoms with Gasteiger partial charge in [-0.1, -0.05) is 18.2 Å². The molecule has 0 aliphatic heterocycles. The summed E-state index contributed by atoms with van der Waals surface area (Å²) in [5, 5.41) is 0. The molecule has 0 unspecified atom stereocenters. The molecule has 1 heterocycles. The summed E-state index contributed by atoms with van der Waals surface area (Å²) >= 11 is 2.30. The fraction of sp³-hybridized carbons (Fsp3) is 0.267. The fourth-order valence-electron chi connectivity index (χ4n) is 2.58. The molecule has 3 rings (SSSR count). The van der Waals surface area contributed by atoms with E-state index in [9.17, 15) is 4.79 Å². The summed E-state index contributed by atoms with van der Waals surface area (Å²) in [6, 6.07) is 12.1. The van der Waals surface area contributed by atoms with Crippen LogP contribution in [0.4, 0.5) is 0 Å². The smallest absolute Gasteiger partial charge is 0.251 e. The van der Waals surface area contributed by atoms with Gasteiger partial charge < -0.3 is 4.57 Å². The maximum Gasteiger partial charge on any atom is 0.251 e. The molecular weight excluding hydrogens is 337 g/mol. The average molecular weight is 351 g/mol. The van der Waals surface area contributed by atoms with Gasteiger partial charge in [-0.25, -0.2) is 0 Å². The molecular formula is C15H14INO. The molecule has 2 aromatic rings. The van der Waals surface area contributed by atoms with Crippen molar-refractivity contribution in [2.24, 2.45) is 0 Å². The first-order chi connectivity index (χ1) is 8.74. The first kappa shape index (κ1) is 12.0. The number of fused-ring (bicyclic) bond motifs is 1. The molecule has 92 valence electrons. The van der Waals surface area contributed by atoms with Crippen LogP contribution in [0.3, 0.4) is 0 Å². The fourth-order valence-corrected chi connectivity index (χ4v) is 2.94. The van der Waals surface area contributed by atoms with Crippen molar-refractivity contribution in [1.82, 2.24) is 4.57 Å². The van der Waals surface area contributed by atoms with Crippen LogP contribution in [0, 0.1) is 3.57 Å². The number of pyridine rings is 1. The summed E-state index contributed by atoms with van der Waals surface area (Å²) in [6.45, 7) is 0.693. The first-order valence-corrected chi connectivity index (χ1v) is 7.28. The highest BCUT2D eigenvalue weighted by Crippen LogP contribution is 2.20. The summed E-state index contributed by atoms with van der Waals surface area (Å²) in [6.07, 6.45) is 3.32. The predicted molar refractivity (Wildman–Crippen MR) is 81.0 cm³/mol. The summed E-state index contributed by atoms with van der Waals surface area (Å²) in [7, 11) is 0. The molecule has 0 spiro atoms. The Balaban J connectivity index is 2.00. The van der Waals surface area contributed by atoms with Gasteiger partial charge in [-0.3, -0.25) is 4.79 Å². The van der Waals surface area contributed by atoms with Crippen LogP contribution in [0.2, 0.25) is 0 Å². The van der Waals surface area contributed by atoms with E-state index in [1.54, 1.807) is 6.07 Å². The van der Waals surface area contributed by atoms with Crippen molar-refractivity contribution in [2.45, 2.75) is 25.8 Å². The molecule has 2 nitrogen and oxygen atoms in total. The van der Waals surface area contributed by atoms with Gasteiger partial charge in [-0.15, -0.1) is 0 Å². The molecule has 1 aromatic heterocycles. The molecule has 1 aliphatic rings. The minimum Gasteiger partial charge on any atom is -0.308 e. The maximum atomic E-state index is 12.0. The van der Waals surface area contributed by atoms with Crippen LogP contribution >= 0.6 is 22.6 Å². The number of hydrogen-bond donors (Lipinski definition) is 0. The number of halogens is 1. The quantitative estimate of drug-likeness (QED) is 0.763. The predicted octanol–water partition coefficient (Wildman–Crippen LogP) is 2.99. The maximum absolute atomic E-state index is 12.0. The number of aryl methyl sites for hydroxylation is 1. The van der Waals surface area contributed by atoms with Gasteiger partial charge in [-0.05, 0) is 65.1 Å². The summed E-state index contributed by atoms with van der Waals surface area (Å²) < 4.78 is 3.16. The van der Waals surface area contributed by atoms with Gasteiger partial charge in [0.15, 0.2) is 0 Å². The molecule has 0 saturated heterocycles. The third-order valence-electron chi connectivity index (χ3n) is 3.50. The van der Waals surface area contributed by atoms with E-state index in [4.69, 9.17) is 0 Å². The second kappa shape index (κ2) is 4.88. The Morgan fingerprint density at radius 3 is 2.61 bits per heavy atom. The van der Waals surface area contributed by atoms with Crippen LogP contribution in [-0.4, -0.2) is 4.57 Å². The minimum atomic E-state index is 0.120. The minimum absolute atomic E-state index is 0.120. The van der Waals surface area contributed by atoms with Gasteiger partial charge in [0.05, 0.1) is 6.54 Å². The highest BCUT2D eigenvalue weighted by molar-refractivity contribution is 14.1. The molecule has 18 heavy (non-hydrogen) atoms. The van der Waals surface area contributed by atoms with E-state index in [0.717, 1.165) is 12.8 Å². The van der Waals surface area contributed by atoms with Crippen LogP contribution in [0.15, 0.2) is 41.2 Å². The average Bonchev–Trinajstić information content (AvgIpc) is 2.84. The number of hydrogen-bond acceptors (Lipinski definition) is 1. The molecule has 0 radical (unpaired) electrons. The van der Waals surface area contributed by atoms with Crippen molar-refractivity contribution < 1.29 is 0 Å². The number of aromatic nitrogens is 1. The zero-order valence-corrected chi connectivity index (χ0v) is 12.2. The molecule has 1 aliphatic carbocycles. The number of benzene rings is 1. The monoisotopic (exact) mass is 351 g/mol. The Hall–Kier alpha value is -1.10. The van der Waals surface area contributed by atoms with E-state index in [1.165, 1.54) is 26.8 Å². The van der Waals surface area contributed by atoms with Gasteiger partial charge in [0.25, 0.3) is 5.56 Å². The van der Waals surface area contributed by atoms with Gasteiger partial charge in [0.1, 0.15) is 0 Å². The Morgan fingerprint density at radius 2 is 1.83 bits per heavy atom. The first-order valence-electron chi connectivity index (χ1n) is 6.20. The standard InChI is InChI=1S/C15H14INO/c16-13-7-4-11(5-8-13)10-17-14-3-1-2-12(14)6-9-15(17)18/h4-9H,1-3,10H2. The van der Waals surface area contributed by atoms with Crippen LogP contribution in [0.1, 0.15) is 23.2 Å². The highest BCUT2D eigenvalue weighted by atomic mass is 127. The lowest BCUT2D eigenvalue weighted by atomic mass is 10.2. The Labute approximate surface area is 120 Å². The van der Waals surface area contributed by atoms with Crippen molar-refractivity contribution in [2.75, 3.05) is 0 Å². The van der Waals surface area contributed by atoms with Gasteiger partial charge >= 0.3 is 0 Å². The Bertz CT molecular complexity index is 628. The largest absolute Gasteiger partial charge is 0.308 e. The molecule has 1 aromatic carbocycles. The van der Waals surface area contributed by atoms with Crippen LogP contribution in [-0.2, 0) is 19.4 Å². The summed E-state index contributed by atoms with van der Waals surface area (Å²) in [5.41, 5.74) is 3.90. The highest BCUT2D eigenvalue weighted by Gasteiger charge is 2.15. The van der Waals surface area contributed by atoms with E-state index in [-0.39, 0.29) is 5.56 Å². The van der Waals surface area contributed by atoms with Gasteiger partial charge in [-0.2, -0.15) is 0 Å². The molecule has 0 amide bonds. The van der Waals surface area contributed by atoms with E-state index >= 15 is 0 Å². The Morgan fingerprint density at radius 1 is 1.06 bits per heavy atom. The van der Waals surface area contributed by atoms with Crippen LogP contribution in [0.25, 0.3) is 0 Å². The van der Waals surface area contributed by atoms with Crippen LogP contribution in [0.5, 0.6) is 0 Å². The lowest BCUT2D eigenvalue weighted by molar-refractivity contribution is 0.707. The zero-order chi connectivity index (χ0) is 12.5. The second-order valence-corrected chi connectivity index (χ2v) is 5.96. The van der Waals surface area contributed by atoms with Crippen LogP contribution < -0.4 is 5.56 Å². The molecule has 3 heteroatoms.